The highest BCUT2D eigenvalue weighted by Crippen LogP contribution is 2.48. The number of fused-ring (bicyclic) bond motifs is 4. The number of aromatic nitrogens is 1. The molecule has 0 unspecified atom stereocenters. The van der Waals surface area contributed by atoms with Crippen molar-refractivity contribution in [3.05, 3.63) is 22.5 Å². The highest BCUT2D eigenvalue weighted by molar-refractivity contribution is 6.35. The molecule has 2 aliphatic heterocycles. The summed E-state index contributed by atoms with van der Waals surface area (Å²) in [6.45, 7) is 2.30. The topological polar surface area (TPSA) is 99.5 Å². The van der Waals surface area contributed by atoms with Crippen LogP contribution in [-0.2, 0) is 16.9 Å². The van der Waals surface area contributed by atoms with Gasteiger partial charge in [-0.05, 0) is 31.7 Å². The molecule has 3 N–H and O–H groups in total. The van der Waals surface area contributed by atoms with Crippen LogP contribution in [0.15, 0.2) is 10.5 Å². The molecule has 1 saturated heterocycles. The molecular weight excluding hydrogens is 406 g/mol. The van der Waals surface area contributed by atoms with Crippen LogP contribution in [0.3, 0.4) is 0 Å². The summed E-state index contributed by atoms with van der Waals surface area (Å²) < 4.78 is 6.14. The average molecular weight is 432 g/mol. The first kappa shape index (κ1) is 19.6. The van der Waals surface area contributed by atoms with Gasteiger partial charge in [-0.2, -0.15) is 0 Å². The van der Waals surface area contributed by atoms with Gasteiger partial charge in [0.05, 0.1) is 29.3 Å². The largest absolute Gasteiger partial charge is 0.439 e. The Hall–Kier alpha value is -2.32. The molecule has 160 valence electrons. The molecule has 30 heavy (non-hydrogen) atoms. The zero-order chi connectivity index (χ0) is 20.7. The van der Waals surface area contributed by atoms with Crippen LogP contribution in [-0.4, -0.2) is 41.5 Å². The van der Waals surface area contributed by atoms with Crippen LogP contribution in [0.2, 0.25) is 5.02 Å². The number of hydrogen-bond acceptors (Lipinski definition) is 5. The first-order chi connectivity index (χ1) is 14.6. The van der Waals surface area contributed by atoms with Crippen LogP contribution in [0.25, 0.3) is 11.1 Å². The summed E-state index contributed by atoms with van der Waals surface area (Å²) in [5.41, 5.74) is 2.37. The van der Waals surface area contributed by atoms with E-state index in [9.17, 15) is 9.59 Å². The Balaban J connectivity index is 1.42. The Bertz CT molecular complexity index is 992. The van der Waals surface area contributed by atoms with Gasteiger partial charge in [0.1, 0.15) is 5.52 Å². The quantitative estimate of drug-likeness (QED) is 0.688. The first-order valence-corrected chi connectivity index (χ1v) is 11.1. The van der Waals surface area contributed by atoms with Crippen molar-refractivity contribution in [2.75, 3.05) is 25.0 Å². The molecule has 1 aromatic heterocycles. The molecule has 2 aromatic rings. The van der Waals surface area contributed by atoms with Gasteiger partial charge < -0.3 is 20.0 Å². The van der Waals surface area contributed by atoms with Crippen molar-refractivity contribution >= 4 is 40.3 Å². The molecule has 0 radical (unpaired) electrons. The Morgan fingerprint density at radius 3 is 2.77 bits per heavy atom. The fraction of sp³-hybridized carbons (Fsp3) is 0.571. The van der Waals surface area contributed by atoms with Crippen molar-refractivity contribution in [1.29, 1.82) is 0 Å². The summed E-state index contributed by atoms with van der Waals surface area (Å²) in [7, 11) is 0. The van der Waals surface area contributed by atoms with Crippen molar-refractivity contribution in [1.82, 2.24) is 20.5 Å². The second kappa shape index (κ2) is 7.74. The number of amides is 3. The minimum Gasteiger partial charge on any atom is -0.439 e. The van der Waals surface area contributed by atoms with Gasteiger partial charge in [-0.25, -0.2) is 9.78 Å². The Morgan fingerprint density at radius 1 is 1.23 bits per heavy atom. The zero-order valence-electron chi connectivity index (χ0n) is 16.9. The van der Waals surface area contributed by atoms with Gasteiger partial charge in [0.25, 0.3) is 0 Å². The van der Waals surface area contributed by atoms with E-state index in [1.165, 1.54) is 0 Å². The molecule has 3 aliphatic rings. The van der Waals surface area contributed by atoms with E-state index in [1.54, 1.807) is 6.07 Å². The van der Waals surface area contributed by atoms with E-state index < -0.39 is 5.54 Å². The van der Waals surface area contributed by atoms with Crippen molar-refractivity contribution < 1.29 is 14.0 Å². The summed E-state index contributed by atoms with van der Waals surface area (Å²) in [4.78, 5) is 31.0. The van der Waals surface area contributed by atoms with E-state index in [4.69, 9.17) is 16.0 Å². The number of carbonyl (C=O) groups is 2. The third-order valence-electron chi connectivity index (χ3n) is 6.47. The van der Waals surface area contributed by atoms with Crippen molar-refractivity contribution in [3.8, 4) is 0 Å². The molecule has 9 heteroatoms. The van der Waals surface area contributed by atoms with E-state index >= 15 is 0 Å². The van der Waals surface area contributed by atoms with Gasteiger partial charge in [-0.15, -0.1) is 0 Å². The minimum atomic E-state index is -0.477. The molecular formula is C21H26ClN5O3. The Kier molecular flexibility index (Phi) is 5.06. The summed E-state index contributed by atoms with van der Waals surface area (Å²) in [6, 6.07) is 1.51. The Labute approximate surface area is 179 Å². The van der Waals surface area contributed by atoms with Crippen molar-refractivity contribution in [2.45, 2.75) is 57.0 Å². The predicted octanol–water partition coefficient (Wildman–Crippen LogP) is 3.49. The number of anilines is 1. The molecule has 1 aliphatic carbocycles. The number of likely N-dealkylation sites (tertiary alicyclic amines) is 1. The number of carbonyl (C=O) groups excluding carboxylic acids is 2. The lowest BCUT2D eigenvalue weighted by molar-refractivity contribution is -0.129. The number of halogens is 1. The lowest BCUT2D eigenvalue weighted by atomic mass is 9.74. The van der Waals surface area contributed by atoms with E-state index in [-0.39, 0.29) is 18.5 Å². The molecule has 0 bridgehead atoms. The molecule has 3 amide bonds. The fourth-order valence-electron chi connectivity index (χ4n) is 5.04. The summed E-state index contributed by atoms with van der Waals surface area (Å²) in [6.07, 6.45) is 7.08. The zero-order valence-corrected chi connectivity index (χ0v) is 17.6. The van der Waals surface area contributed by atoms with Gasteiger partial charge in [0.15, 0.2) is 5.58 Å². The highest BCUT2D eigenvalue weighted by Gasteiger charge is 2.44. The Morgan fingerprint density at radius 2 is 2.00 bits per heavy atom. The van der Waals surface area contributed by atoms with Crippen molar-refractivity contribution in [3.63, 3.8) is 0 Å². The van der Waals surface area contributed by atoms with E-state index in [1.807, 2.05) is 4.90 Å². The van der Waals surface area contributed by atoms with Crippen LogP contribution in [0.4, 0.5) is 10.5 Å². The molecule has 1 spiro atoms. The smallest absolute Gasteiger partial charge is 0.319 e. The lowest BCUT2D eigenvalue weighted by Crippen LogP contribution is -2.52. The summed E-state index contributed by atoms with van der Waals surface area (Å²) in [5, 5.41) is 9.61. The number of nitrogens with zero attached hydrogens (tertiary/aromatic N) is 2. The second-order valence-electron chi connectivity index (χ2n) is 8.48. The number of nitrogens with one attached hydrogen (secondary N) is 3. The fourth-order valence-corrected chi connectivity index (χ4v) is 5.29. The number of oxazole rings is 1. The normalized spacial score (nSPS) is 20.3. The maximum atomic E-state index is 12.3. The average Bonchev–Trinajstić information content (AvgIpc) is 3.38. The van der Waals surface area contributed by atoms with E-state index in [0.29, 0.717) is 34.2 Å². The van der Waals surface area contributed by atoms with Crippen molar-refractivity contribution in [2.24, 2.45) is 0 Å². The SMILES string of the molecule is O=C1Nc2c(Cl)cc3nc(CNCC(=O)N4CCCC4)oc3c2C2(CCCCC2)N1. The predicted molar refractivity (Wildman–Crippen MR) is 113 cm³/mol. The van der Waals surface area contributed by atoms with Gasteiger partial charge in [0.2, 0.25) is 11.8 Å². The maximum Gasteiger partial charge on any atom is 0.319 e. The number of rotatable bonds is 4. The summed E-state index contributed by atoms with van der Waals surface area (Å²) in [5.74, 6) is 0.614. The number of benzene rings is 1. The molecule has 0 atom stereocenters. The van der Waals surface area contributed by atoms with E-state index in [2.05, 4.69) is 20.9 Å². The standard InChI is InChI=1S/C21H26ClN5O3/c22-13-10-14-19(17-18(13)25-20(29)26-21(17)6-2-1-3-7-21)30-15(24-14)11-23-12-16(28)27-8-4-5-9-27/h10,23H,1-9,11-12H2,(H2,25,26,29). The second-order valence-corrected chi connectivity index (χ2v) is 8.88. The molecule has 3 heterocycles. The van der Waals surface area contributed by atoms with Crippen LogP contribution in [0.5, 0.6) is 0 Å². The number of hydrogen-bond donors (Lipinski definition) is 3. The molecule has 8 nitrogen and oxygen atoms in total. The van der Waals surface area contributed by atoms with Crippen LogP contribution in [0.1, 0.15) is 56.4 Å². The molecule has 1 aromatic carbocycles. The van der Waals surface area contributed by atoms with Crippen LogP contribution >= 0.6 is 11.6 Å². The third kappa shape index (κ3) is 3.41. The molecule has 5 rings (SSSR count). The monoisotopic (exact) mass is 431 g/mol. The van der Waals surface area contributed by atoms with Gasteiger partial charge in [0, 0.05) is 18.7 Å². The molecule has 2 fully saturated rings. The van der Waals surface area contributed by atoms with Crippen LogP contribution in [0, 0.1) is 0 Å². The molecule has 1 saturated carbocycles. The number of urea groups is 1. The van der Waals surface area contributed by atoms with Gasteiger partial charge in [-0.1, -0.05) is 30.9 Å². The van der Waals surface area contributed by atoms with Gasteiger partial charge >= 0.3 is 6.03 Å². The van der Waals surface area contributed by atoms with Crippen LogP contribution < -0.4 is 16.0 Å². The third-order valence-corrected chi connectivity index (χ3v) is 6.76. The summed E-state index contributed by atoms with van der Waals surface area (Å²) >= 11 is 6.53. The lowest BCUT2D eigenvalue weighted by Gasteiger charge is -2.42. The van der Waals surface area contributed by atoms with Gasteiger partial charge in [-0.3, -0.25) is 10.1 Å². The first-order valence-electron chi connectivity index (χ1n) is 10.8. The maximum absolute atomic E-state index is 12.3. The highest BCUT2D eigenvalue weighted by atomic mass is 35.5. The minimum absolute atomic E-state index is 0.108. The van der Waals surface area contributed by atoms with E-state index in [0.717, 1.165) is 63.6 Å².